The molecule has 76 valence electrons. The summed E-state index contributed by atoms with van der Waals surface area (Å²) >= 11 is 1.70. The maximum atomic E-state index is 4.18. The molecule has 2 aromatic rings. The van der Waals surface area contributed by atoms with Gasteiger partial charge in [0.05, 0.1) is 11.9 Å². The Balaban J connectivity index is 2.00. The second-order valence-electron chi connectivity index (χ2n) is 3.20. The van der Waals surface area contributed by atoms with E-state index in [1.165, 1.54) is 10.4 Å². The molecule has 0 radical (unpaired) electrons. The minimum absolute atomic E-state index is 1.00. The first-order valence-corrected chi connectivity index (χ1v) is 5.62. The van der Waals surface area contributed by atoms with Crippen molar-refractivity contribution in [3.8, 4) is 0 Å². The predicted octanol–water partition coefficient (Wildman–Crippen LogP) is 3.50. The Bertz CT molecular complexity index is 446. The fourth-order valence-electron chi connectivity index (χ4n) is 1.19. The summed E-state index contributed by atoms with van der Waals surface area (Å²) in [5, 5.41) is 6.25. The molecule has 0 bridgehead atoms. The van der Waals surface area contributed by atoms with Crippen LogP contribution in [0.2, 0.25) is 0 Å². The molecule has 2 rings (SSSR count). The number of benzene rings is 1. The number of nitrogens with one attached hydrogen (secondary N) is 1. The Morgan fingerprint density at radius 2 is 2.00 bits per heavy atom. The molecule has 0 saturated carbocycles. The Kier molecular flexibility index (Phi) is 3.15. The molecule has 0 atom stereocenters. The van der Waals surface area contributed by atoms with Gasteiger partial charge in [-0.05, 0) is 36.1 Å². The van der Waals surface area contributed by atoms with Crippen molar-refractivity contribution in [2.75, 3.05) is 5.43 Å². The lowest BCUT2D eigenvalue weighted by Crippen LogP contribution is -1.89. The molecule has 15 heavy (non-hydrogen) atoms. The molecule has 1 aromatic heterocycles. The van der Waals surface area contributed by atoms with Crippen molar-refractivity contribution < 1.29 is 0 Å². The van der Waals surface area contributed by atoms with Gasteiger partial charge in [-0.25, -0.2) is 0 Å². The van der Waals surface area contributed by atoms with Gasteiger partial charge in [0, 0.05) is 4.88 Å². The molecule has 3 heteroatoms. The van der Waals surface area contributed by atoms with Crippen LogP contribution in [-0.4, -0.2) is 6.21 Å². The first-order valence-electron chi connectivity index (χ1n) is 4.74. The van der Waals surface area contributed by atoms with E-state index in [4.69, 9.17) is 0 Å². The van der Waals surface area contributed by atoms with Crippen molar-refractivity contribution >= 4 is 23.2 Å². The smallest absolute Gasteiger partial charge is 0.0647 e. The van der Waals surface area contributed by atoms with Crippen LogP contribution in [0, 0.1) is 6.92 Å². The summed E-state index contributed by atoms with van der Waals surface area (Å²) in [5.74, 6) is 0. The molecule has 0 amide bonds. The molecule has 1 heterocycles. The number of para-hydroxylation sites is 1. The van der Waals surface area contributed by atoms with Crippen LogP contribution in [0.4, 0.5) is 5.69 Å². The molecular formula is C12H12N2S. The van der Waals surface area contributed by atoms with Crippen molar-refractivity contribution in [1.82, 2.24) is 0 Å². The second kappa shape index (κ2) is 4.75. The number of thiophene rings is 1. The van der Waals surface area contributed by atoms with Gasteiger partial charge in [-0.2, -0.15) is 5.10 Å². The molecule has 1 aromatic carbocycles. The molecule has 1 N–H and O–H groups in total. The van der Waals surface area contributed by atoms with E-state index in [0.29, 0.717) is 0 Å². The summed E-state index contributed by atoms with van der Waals surface area (Å²) < 4.78 is 0. The topological polar surface area (TPSA) is 24.4 Å². The first-order chi connectivity index (χ1) is 7.36. The minimum atomic E-state index is 1.00. The van der Waals surface area contributed by atoms with E-state index in [9.17, 15) is 0 Å². The van der Waals surface area contributed by atoms with Gasteiger partial charge in [0.25, 0.3) is 0 Å². The summed E-state index contributed by atoms with van der Waals surface area (Å²) in [6.07, 6.45) is 1.85. The van der Waals surface area contributed by atoms with Crippen molar-refractivity contribution in [3.05, 3.63) is 52.2 Å². The van der Waals surface area contributed by atoms with E-state index in [-0.39, 0.29) is 0 Å². The van der Waals surface area contributed by atoms with Gasteiger partial charge in [0.1, 0.15) is 0 Å². The number of nitrogens with zero attached hydrogens (tertiary/aromatic N) is 1. The maximum Gasteiger partial charge on any atom is 0.0647 e. The highest BCUT2D eigenvalue weighted by molar-refractivity contribution is 7.11. The van der Waals surface area contributed by atoms with Crippen LogP contribution in [0.25, 0.3) is 0 Å². The summed E-state index contributed by atoms with van der Waals surface area (Å²) in [4.78, 5) is 1.19. The van der Waals surface area contributed by atoms with Gasteiger partial charge >= 0.3 is 0 Å². The van der Waals surface area contributed by atoms with Crippen LogP contribution >= 0.6 is 11.3 Å². The van der Waals surface area contributed by atoms with Crippen molar-refractivity contribution in [2.24, 2.45) is 5.10 Å². The van der Waals surface area contributed by atoms with E-state index in [0.717, 1.165) is 5.69 Å². The third-order valence-corrected chi connectivity index (χ3v) is 3.00. The summed E-state index contributed by atoms with van der Waals surface area (Å²) in [6, 6.07) is 12.0. The van der Waals surface area contributed by atoms with Crippen molar-refractivity contribution in [2.45, 2.75) is 6.92 Å². The van der Waals surface area contributed by atoms with Crippen molar-refractivity contribution in [1.29, 1.82) is 0 Å². The van der Waals surface area contributed by atoms with Gasteiger partial charge in [-0.3, -0.25) is 5.43 Å². The van der Waals surface area contributed by atoms with E-state index >= 15 is 0 Å². The summed E-state index contributed by atoms with van der Waals surface area (Å²) in [6.45, 7) is 2.08. The highest BCUT2D eigenvalue weighted by Crippen LogP contribution is 2.12. The van der Waals surface area contributed by atoms with E-state index < -0.39 is 0 Å². The zero-order valence-corrected chi connectivity index (χ0v) is 9.29. The second-order valence-corrected chi connectivity index (χ2v) is 4.15. The molecule has 0 fully saturated rings. The SMILES string of the molecule is Cc1ccsc1/C=N/Nc1ccccc1. The molecule has 0 aliphatic carbocycles. The molecule has 0 saturated heterocycles. The first kappa shape index (κ1) is 9.93. The number of hydrogen-bond acceptors (Lipinski definition) is 3. The third kappa shape index (κ3) is 2.67. The average molecular weight is 216 g/mol. The van der Waals surface area contributed by atoms with E-state index in [2.05, 4.69) is 28.9 Å². The largest absolute Gasteiger partial charge is 0.278 e. The highest BCUT2D eigenvalue weighted by atomic mass is 32.1. The van der Waals surface area contributed by atoms with Crippen LogP contribution in [0.1, 0.15) is 10.4 Å². The highest BCUT2D eigenvalue weighted by Gasteiger charge is 1.94. The fourth-order valence-corrected chi connectivity index (χ4v) is 1.98. The monoisotopic (exact) mass is 216 g/mol. The lowest BCUT2D eigenvalue weighted by molar-refractivity contribution is 1.35. The molecular weight excluding hydrogens is 204 g/mol. The van der Waals surface area contributed by atoms with Crippen LogP contribution < -0.4 is 5.43 Å². The number of rotatable bonds is 3. The third-order valence-electron chi connectivity index (χ3n) is 2.05. The maximum absolute atomic E-state index is 4.18. The average Bonchev–Trinajstić information content (AvgIpc) is 2.66. The van der Waals surface area contributed by atoms with Crippen LogP contribution in [0.15, 0.2) is 46.9 Å². The Morgan fingerprint density at radius 1 is 1.20 bits per heavy atom. The van der Waals surface area contributed by atoms with Crippen LogP contribution in [0.5, 0.6) is 0 Å². The Morgan fingerprint density at radius 3 is 2.67 bits per heavy atom. The van der Waals surface area contributed by atoms with Gasteiger partial charge in [-0.1, -0.05) is 18.2 Å². The quantitative estimate of drug-likeness (QED) is 0.616. The Labute approximate surface area is 93.3 Å². The van der Waals surface area contributed by atoms with Gasteiger partial charge < -0.3 is 0 Å². The predicted molar refractivity (Wildman–Crippen MR) is 66.7 cm³/mol. The summed E-state index contributed by atoms with van der Waals surface area (Å²) in [7, 11) is 0. The Hall–Kier alpha value is -1.61. The number of hydrogen-bond donors (Lipinski definition) is 1. The molecule has 0 aliphatic rings. The van der Waals surface area contributed by atoms with Gasteiger partial charge in [-0.15, -0.1) is 11.3 Å². The van der Waals surface area contributed by atoms with Crippen LogP contribution in [0.3, 0.4) is 0 Å². The number of hydrazone groups is 1. The molecule has 2 nitrogen and oxygen atoms in total. The summed E-state index contributed by atoms with van der Waals surface area (Å²) in [5.41, 5.74) is 5.25. The zero-order chi connectivity index (χ0) is 10.5. The minimum Gasteiger partial charge on any atom is -0.278 e. The number of aryl methyl sites for hydroxylation is 1. The number of anilines is 1. The van der Waals surface area contributed by atoms with E-state index in [1.807, 2.05) is 36.5 Å². The van der Waals surface area contributed by atoms with Gasteiger partial charge in [0.15, 0.2) is 0 Å². The fraction of sp³-hybridized carbons (Fsp3) is 0.0833. The zero-order valence-electron chi connectivity index (χ0n) is 8.47. The molecule has 0 aliphatic heterocycles. The van der Waals surface area contributed by atoms with E-state index in [1.54, 1.807) is 11.3 Å². The lowest BCUT2D eigenvalue weighted by Gasteiger charge is -1.97. The van der Waals surface area contributed by atoms with Crippen LogP contribution in [-0.2, 0) is 0 Å². The van der Waals surface area contributed by atoms with Gasteiger partial charge in [0.2, 0.25) is 0 Å². The van der Waals surface area contributed by atoms with Crippen molar-refractivity contribution in [3.63, 3.8) is 0 Å². The lowest BCUT2D eigenvalue weighted by atomic mass is 10.3. The standard InChI is InChI=1S/C12H12N2S/c1-10-7-8-15-12(10)9-13-14-11-5-3-2-4-6-11/h2-9,14H,1H3/b13-9+. The molecule has 0 unspecified atom stereocenters. The normalized spacial score (nSPS) is 10.7. The molecule has 0 spiro atoms.